The largest absolute Gasteiger partial charge is 0.476 e. The van der Waals surface area contributed by atoms with Gasteiger partial charge in [0, 0.05) is 11.1 Å². The highest BCUT2D eigenvalue weighted by atomic mass is 16.4. The van der Waals surface area contributed by atoms with Gasteiger partial charge in [-0.2, -0.15) is 0 Å². The molecule has 42 heavy (non-hydrogen) atoms. The van der Waals surface area contributed by atoms with Crippen molar-refractivity contribution >= 4 is 11.9 Å². The van der Waals surface area contributed by atoms with Crippen molar-refractivity contribution in [2.24, 2.45) is 0 Å². The van der Waals surface area contributed by atoms with Crippen LogP contribution in [0.5, 0.6) is 0 Å². The number of pyridine rings is 3. The van der Waals surface area contributed by atoms with Gasteiger partial charge in [0.05, 0.1) is 22.8 Å². The van der Waals surface area contributed by atoms with Crippen LogP contribution in [0.15, 0.2) is 78.9 Å². The van der Waals surface area contributed by atoms with E-state index in [9.17, 15) is 19.8 Å². The molecule has 2 N–H and O–H groups in total. The van der Waals surface area contributed by atoms with E-state index in [1.54, 1.807) is 0 Å². The van der Waals surface area contributed by atoms with Crippen LogP contribution in [0.25, 0.3) is 45.0 Å². The van der Waals surface area contributed by atoms with Gasteiger partial charge in [-0.1, -0.05) is 66.7 Å². The monoisotopic (exact) mass is 553 g/mol. The zero-order chi connectivity index (χ0) is 28.8. The SMILES string of the molecule is O=C(O)c1nc(-c2cccc(-c3nc(C(=O)O)c(-c4ccccc4)c4c3CCC4)n2)c2c(c1-c1ccccc1)CCC2. The molecule has 0 bridgehead atoms. The average molecular weight is 554 g/mol. The third kappa shape index (κ3) is 4.25. The zero-order valence-corrected chi connectivity index (χ0v) is 22.8. The van der Waals surface area contributed by atoms with Crippen molar-refractivity contribution < 1.29 is 19.8 Å². The number of hydrogen-bond acceptors (Lipinski definition) is 5. The van der Waals surface area contributed by atoms with Gasteiger partial charge in [-0.25, -0.2) is 24.5 Å². The van der Waals surface area contributed by atoms with Gasteiger partial charge in [0.2, 0.25) is 0 Å². The van der Waals surface area contributed by atoms with Crippen molar-refractivity contribution in [1.82, 2.24) is 15.0 Å². The molecule has 7 heteroatoms. The highest BCUT2D eigenvalue weighted by Crippen LogP contribution is 2.41. The van der Waals surface area contributed by atoms with E-state index >= 15 is 0 Å². The summed E-state index contributed by atoms with van der Waals surface area (Å²) in [7, 11) is 0. The summed E-state index contributed by atoms with van der Waals surface area (Å²) in [5, 5.41) is 20.4. The number of aromatic nitrogens is 3. The van der Waals surface area contributed by atoms with Crippen molar-refractivity contribution in [3.05, 3.63) is 113 Å². The van der Waals surface area contributed by atoms with Crippen molar-refractivity contribution in [1.29, 1.82) is 0 Å². The topological polar surface area (TPSA) is 113 Å². The summed E-state index contributed by atoms with van der Waals surface area (Å²) in [6.07, 6.45) is 4.92. The Morgan fingerprint density at radius 1 is 0.500 bits per heavy atom. The molecule has 0 saturated carbocycles. The normalized spacial score (nSPS) is 13.5. The maximum absolute atomic E-state index is 12.5. The Morgan fingerprint density at radius 2 is 0.905 bits per heavy atom. The third-order valence-corrected chi connectivity index (χ3v) is 8.30. The molecule has 5 aromatic rings. The summed E-state index contributed by atoms with van der Waals surface area (Å²) < 4.78 is 0. The number of benzene rings is 2. The number of aromatic carboxylic acids is 2. The lowest BCUT2D eigenvalue weighted by Crippen LogP contribution is -2.10. The number of fused-ring (bicyclic) bond motifs is 2. The minimum absolute atomic E-state index is 0.0171. The van der Waals surface area contributed by atoms with E-state index in [4.69, 9.17) is 15.0 Å². The molecule has 0 fully saturated rings. The van der Waals surface area contributed by atoms with Crippen molar-refractivity contribution in [2.75, 3.05) is 0 Å². The molecule has 3 heterocycles. The van der Waals surface area contributed by atoms with Crippen LogP contribution in [0.4, 0.5) is 0 Å². The fourth-order valence-corrected chi connectivity index (χ4v) is 6.58. The maximum atomic E-state index is 12.5. The zero-order valence-electron chi connectivity index (χ0n) is 22.8. The van der Waals surface area contributed by atoms with Crippen LogP contribution in [-0.2, 0) is 25.7 Å². The maximum Gasteiger partial charge on any atom is 0.355 e. The number of rotatable bonds is 6. The molecule has 206 valence electrons. The summed E-state index contributed by atoms with van der Waals surface area (Å²) in [6, 6.07) is 24.7. The number of hydrogen-bond donors (Lipinski definition) is 2. The average Bonchev–Trinajstić information content (AvgIpc) is 3.71. The standard InChI is InChI=1S/C35H27N3O4/c39-34(40)32-28(20-10-3-1-4-11-20)22-14-7-16-24(22)30(37-32)26-18-9-19-27(36-26)31-25-17-8-15-23(25)29(33(38-31)35(41)42)21-12-5-2-6-13-21/h1-6,9-13,18-19H,7-8,14-17H2,(H,39,40)(H,41,42). The van der Waals surface area contributed by atoms with Crippen LogP contribution in [0.1, 0.15) is 56.1 Å². The van der Waals surface area contributed by atoms with E-state index in [1.165, 1.54) is 0 Å². The minimum atomic E-state index is -1.08. The molecule has 7 rings (SSSR count). The fraction of sp³-hybridized carbons (Fsp3) is 0.171. The molecule has 2 aliphatic rings. The van der Waals surface area contributed by atoms with E-state index in [0.29, 0.717) is 33.9 Å². The Hall–Kier alpha value is -5.17. The van der Waals surface area contributed by atoms with Gasteiger partial charge in [-0.15, -0.1) is 0 Å². The minimum Gasteiger partial charge on any atom is -0.476 e. The van der Waals surface area contributed by atoms with Gasteiger partial charge in [-0.05, 0) is 84.0 Å². The van der Waals surface area contributed by atoms with Gasteiger partial charge in [0.25, 0.3) is 0 Å². The predicted molar refractivity (Wildman–Crippen MR) is 160 cm³/mol. The van der Waals surface area contributed by atoms with Gasteiger partial charge < -0.3 is 10.2 Å². The molecule has 2 aromatic carbocycles. The molecule has 0 unspecified atom stereocenters. The van der Waals surface area contributed by atoms with E-state index in [0.717, 1.165) is 71.9 Å². The number of carboxylic acids is 2. The Bertz CT molecular complexity index is 1750. The summed E-state index contributed by atoms with van der Waals surface area (Å²) in [4.78, 5) is 39.4. The van der Waals surface area contributed by atoms with E-state index < -0.39 is 11.9 Å². The molecular formula is C35H27N3O4. The second-order valence-corrected chi connectivity index (χ2v) is 10.7. The smallest absolute Gasteiger partial charge is 0.355 e. The third-order valence-electron chi connectivity index (χ3n) is 8.30. The van der Waals surface area contributed by atoms with Crippen LogP contribution in [0.3, 0.4) is 0 Å². The van der Waals surface area contributed by atoms with Crippen molar-refractivity contribution in [3.63, 3.8) is 0 Å². The van der Waals surface area contributed by atoms with Gasteiger partial charge >= 0.3 is 11.9 Å². The number of carboxylic acid groups (broad SMARTS) is 2. The van der Waals surface area contributed by atoms with Crippen LogP contribution in [-0.4, -0.2) is 37.1 Å². The number of nitrogens with zero attached hydrogens (tertiary/aromatic N) is 3. The van der Waals surface area contributed by atoms with Crippen molar-refractivity contribution in [2.45, 2.75) is 38.5 Å². The first-order valence-electron chi connectivity index (χ1n) is 14.2. The van der Waals surface area contributed by atoms with Crippen LogP contribution in [0.2, 0.25) is 0 Å². The Morgan fingerprint density at radius 3 is 1.31 bits per heavy atom. The lowest BCUT2D eigenvalue weighted by molar-refractivity contribution is 0.0680. The van der Waals surface area contributed by atoms with Crippen molar-refractivity contribution in [3.8, 4) is 45.0 Å². The van der Waals surface area contributed by atoms with E-state index in [2.05, 4.69) is 0 Å². The highest BCUT2D eigenvalue weighted by molar-refractivity contribution is 5.98. The molecule has 0 aliphatic heterocycles. The summed E-state index contributed by atoms with van der Waals surface area (Å²) in [5.41, 5.74) is 9.39. The molecule has 2 aliphatic carbocycles. The quantitative estimate of drug-likeness (QED) is 0.235. The molecule has 0 amide bonds. The molecule has 0 atom stereocenters. The second kappa shape index (κ2) is 10.3. The van der Waals surface area contributed by atoms with E-state index in [-0.39, 0.29) is 11.4 Å². The Kier molecular flexibility index (Phi) is 6.35. The predicted octanol–water partition coefficient (Wildman–Crippen LogP) is 6.91. The molecular weight excluding hydrogens is 526 g/mol. The molecule has 0 saturated heterocycles. The number of carbonyl (C=O) groups is 2. The highest BCUT2D eigenvalue weighted by Gasteiger charge is 2.30. The van der Waals surface area contributed by atoms with Gasteiger partial charge in [0.1, 0.15) is 0 Å². The van der Waals surface area contributed by atoms with Crippen LogP contribution < -0.4 is 0 Å². The lowest BCUT2D eigenvalue weighted by Gasteiger charge is -2.17. The summed E-state index contributed by atoms with van der Waals surface area (Å²) in [6.45, 7) is 0. The Balaban J connectivity index is 1.41. The van der Waals surface area contributed by atoms with Gasteiger partial charge in [-0.3, -0.25) is 0 Å². The lowest BCUT2D eigenvalue weighted by atomic mass is 9.93. The first-order valence-corrected chi connectivity index (χ1v) is 14.2. The first kappa shape index (κ1) is 25.8. The molecule has 7 nitrogen and oxygen atoms in total. The molecule has 0 spiro atoms. The second-order valence-electron chi connectivity index (χ2n) is 10.7. The Labute approximate surface area is 242 Å². The van der Waals surface area contributed by atoms with Gasteiger partial charge in [0.15, 0.2) is 11.4 Å². The molecule has 3 aromatic heterocycles. The summed E-state index contributed by atoms with van der Waals surface area (Å²) >= 11 is 0. The van der Waals surface area contributed by atoms with Crippen LogP contribution in [0, 0.1) is 0 Å². The molecule has 0 radical (unpaired) electrons. The fourth-order valence-electron chi connectivity index (χ4n) is 6.58. The first-order chi connectivity index (χ1) is 20.5. The summed E-state index contributed by atoms with van der Waals surface area (Å²) in [5.74, 6) is -2.16. The van der Waals surface area contributed by atoms with E-state index in [1.807, 2.05) is 78.9 Å². The van der Waals surface area contributed by atoms with Crippen LogP contribution >= 0.6 is 0 Å².